The van der Waals surface area contributed by atoms with Crippen molar-refractivity contribution in [3.05, 3.63) is 47.2 Å². The van der Waals surface area contributed by atoms with E-state index in [-0.39, 0.29) is 12.5 Å². The third kappa shape index (κ3) is 3.09. The predicted octanol–water partition coefficient (Wildman–Crippen LogP) is 2.17. The van der Waals surface area contributed by atoms with Crippen molar-refractivity contribution in [3.8, 4) is 5.69 Å². The SMILES string of the molecule is O=C(NCC1(O)CCC1)c1cnn(-c2cccc(Cl)c2)c1. The number of amides is 1. The zero-order valence-electron chi connectivity index (χ0n) is 11.4. The molecular formula is C15H16ClN3O2. The van der Waals surface area contributed by atoms with Crippen LogP contribution in [0.3, 0.4) is 0 Å². The molecule has 110 valence electrons. The molecule has 5 nitrogen and oxygen atoms in total. The van der Waals surface area contributed by atoms with Crippen molar-refractivity contribution in [3.63, 3.8) is 0 Å². The Bertz CT molecular complexity index is 664. The maximum absolute atomic E-state index is 12.0. The number of halogens is 1. The number of carbonyl (C=O) groups is 1. The van der Waals surface area contributed by atoms with Crippen molar-refractivity contribution in [1.82, 2.24) is 15.1 Å². The quantitative estimate of drug-likeness (QED) is 0.909. The molecule has 3 rings (SSSR count). The van der Waals surface area contributed by atoms with Gasteiger partial charge in [-0.25, -0.2) is 4.68 Å². The third-order valence-corrected chi connectivity index (χ3v) is 4.01. The first-order valence-electron chi connectivity index (χ1n) is 6.87. The van der Waals surface area contributed by atoms with E-state index < -0.39 is 5.60 Å². The highest BCUT2D eigenvalue weighted by molar-refractivity contribution is 6.30. The second-order valence-electron chi connectivity index (χ2n) is 5.41. The van der Waals surface area contributed by atoms with Crippen LogP contribution < -0.4 is 5.32 Å². The van der Waals surface area contributed by atoms with E-state index in [0.29, 0.717) is 10.6 Å². The highest BCUT2D eigenvalue weighted by Gasteiger charge is 2.34. The summed E-state index contributed by atoms with van der Waals surface area (Å²) in [5.41, 5.74) is 0.524. The molecule has 0 radical (unpaired) electrons. The molecule has 1 aliphatic rings. The van der Waals surface area contributed by atoms with Crippen molar-refractivity contribution in [2.75, 3.05) is 6.54 Å². The van der Waals surface area contributed by atoms with Gasteiger partial charge in [-0.15, -0.1) is 0 Å². The van der Waals surface area contributed by atoms with Crippen LogP contribution in [0.15, 0.2) is 36.7 Å². The maximum Gasteiger partial charge on any atom is 0.254 e. The van der Waals surface area contributed by atoms with E-state index in [2.05, 4.69) is 10.4 Å². The van der Waals surface area contributed by atoms with Crippen molar-refractivity contribution in [1.29, 1.82) is 0 Å². The molecule has 0 spiro atoms. The predicted molar refractivity (Wildman–Crippen MR) is 79.7 cm³/mol. The van der Waals surface area contributed by atoms with Crippen LogP contribution in [-0.2, 0) is 0 Å². The number of nitrogens with one attached hydrogen (secondary N) is 1. The van der Waals surface area contributed by atoms with E-state index in [0.717, 1.165) is 24.9 Å². The Balaban J connectivity index is 1.68. The van der Waals surface area contributed by atoms with Crippen LogP contribution in [0.1, 0.15) is 29.6 Å². The number of rotatable bonds is 4. The molecule has 0 bridgehead atoms. The molecule has 2 aromatic rings. The molecule has 1 fully saturated rings. The van der Waals surface area contributed by atoms with E-state index in [4.69, 9.17) is 11.6 Å². The smallest absolute Gasteiger partial charge is 0.254 e. The number of aliphatic hydroxyl groups is 1. The topological polar surface area (TPSA) is 67.2 Å². The summed E-state index contributed by atoms with van der Waals surface area (Å²) in [5.74, 6) is -0.233. The number of carbonyl (C=O) groups excluding carboxylic acids is 1. The molecule has 2 N–H and O–H groups in total. The zero-order chi connectivity index (χ0) is 14.9. The molecule has 1 aliphatic carbocycles. The minimum absolute atomic E-state index is 0.233. The van der Waals surface area contributed by atoms with Gasteiger partial charge in [0.25, 0.3) is 5.91 Å². The second kappa shape index (κ2) is 5.50. The molecule has 1 amide bonds. The zero-order valence-corrected chi connectivity index (χ0v) is 12.2. The van der Waals surface area contributed by atoms with Gasteiger partial charge >= 0.3 is 0 Å². The van der Waals surface area contributed by atoms with E-state index in [1.807, 2.05) is 12.1 Å². The van der Waals surface area contributed by atoms with Gasteiger partial charge in [0.15, 0.2) is 0 Å². The lowest BCUT2D eigenvalue weighted by Gasteiger charge is -2.36. The molecule has 0 aliphatic heterocycles. The van der Waals surface area contributed by atoms with Crippen LogP contribution in [-0.4, -0.2) is 32.9 Å². The highest BCUT2D eigenvalue weighted by atomic mass is 35.5. The van der Waals surface area contributed by atoms with Crippen molar-refractivity contribution in [2.24, 2.45) is 0 Å². The van der Waals surface area contributed by atoms with Crippen molar-refractivity contribution < 1.29 is 9.90 Å². The molecule has 1 saturated carbocycles. The lowest BCUT2D eigenvalue weighted by Crippen LogP contribution is -2.47. The molecule has 0 saturated heterocycles. The molecular weight excluding hydrogens is 290 g/mol. The minimum Gasteiger partial charge on any atom is -0.388 e. The lowest BCUT2D eigenvalue weighted by atomic mass is 9.80. The fraction of sp³-hybridized carbons (Fsp3) is 0.333. The number of hydrogen-bond donors (Lipinski definition) is 2. The Hall–Kier alpha value is -1.85. The van der Waals surface area contributed by atoms with Crippen LogP contribution >= 0.6 is 11.6 Å². The average Bonchev–Trinajstić information content (AvgIpc) is 2.92. The standard InChI is InChI=1S/C15H16ClN3O2/c16-12-3-1-4-13(7-12)19-9-11(8-18-19)14(20)17-10-15(21)5-2-6-15/h1,3-4,7-9,21H,2,5-6,10H2,(H,17,20). The lowest BCUT2D eigenvalue weighted by molar-refractivity contribution is -0.0300. The first-order chi connectivity index (χ1) is 10.1. The van der Waals surface area contributed by atoms with E-state index in [9.17, 15) is 9.90 Å². The molecule has 6 heteroatoms. The Labute approximate surface area is 127 Å². The van der Waals surface area contributed by atoms with Crippen LogP contribution in [0.25, 0.3) is 5.69 Å². The molecule has 1 aromatic heterocycles. The Kier molecular flexibility index (Phi) is 3.69. The van der Waals surface area contributed by atoms with Crippen LogP contribution in [0.4, 0.5) is 0 Å². The van der Waals surface area contributed by atoms with Crippen molar-refractivity contribution >= 4 is 17.5 Å². The first kappa shape index (κ1) is 14.1. The number of aromatic nitrogens is 2. The van der Waals surface area contributed by atoms with Gasteiger partial charge in [0.05, 0.1) is 23.0 Å². The number of nitrogens with zero attached hydrogens (tertiary/aromatic N) is 2. The van der Waals surface area contributed by atoms with Gasteiger partial charge in [-0.3, -0.25) is 4.79 Å². The summed E-state index contributed by atoms with van der Waals surface area (Å²) in [5, 5.41) is 17.5. The molecule has 21 heavy (non-hydrogen) atoms. The molecule has 1 aromatic carbocycles. The highest BCUT2D eigenvalue weighted by Crippen LogP contribution is 2.30. The second-order valence-corrected chi connectivity index (χ2v) is 5.85. The van der Waals surface area contributed by atoms with Gasteiger partial charge in [-0.05, 0) is 37.5 Å². The van der Waals surface area contributed by atoms with E-state index in [1.54, 1.807) is 23.0 Å². The minimum atomic E-state index is -0.724. The molecule has 0 unspecified atom stereocenters. The van der Waals surface area contributed by atoms with Crippen LogP contribution in [0, 0.1) is 0 Å². The third-order valence-electron chi connectivity index (χ3n) is 3.78. The van der Waals surface area contributed by atoms with Crippen LogP contribution in [0.2, 0.25) is 5.02 Å². The molecule has 0 atom stereocenters. The van der Waals surface area contributed by atoms with Crippen LogP contribution in [0.5, 0.6) is 0 Å². The number of hydrogen-bond acceptors (Lipinski definition) is 3. The fourth-order valence-corrected chi connectivity index (χ4v) is 2.49. The summed E-state index contributed by atoms with van der Waals surface area (Å²) in [6.07, 6.45) is 5.65. The van der Waals surface area contributed by atoms with Gasteiger partial charge < -0.3 is 10.4 Å². The van der Waals surface area contributed by atoms with Gasteiger partial charge in [-0.2, -0.15) is 5.10 Å². The monoisotopic (exact) mass is 305 g/mol. The normalized spacial score (nSPS) is 16.3. The summed E-state index contributed by atoms with van der Waals surface area (Å²) in [4.78, 5) is 12.0. The summed E-state index contributed by atoms with van der Waals surface area (Å²) in [6, 6.07) is 7.23. The summed E-state index contributed by atoms with van der Waals surface area (Å²) >= 11 is 5.94. The van der Waals surface area contributed by atoms with E-state index >= 15 is 0 Å². The van der Waals surface area contributed by atoms with Crippen molar-refractivity contribution in [2.45, 2.75) is 24.9 Å². The van der Waals surface area contributed by atoms with Gasteiger partial charge in [-0.1, -0.05) is 17.7 Å². The summed E-state index contributed by atoms with van der Waals surface area (Å²) < 4.78 is 1.60. The number of benzene rings is 1. The Morgan fingerprint density at radius 2 is 2.29 bits per heavy atom. The summed E-state index contributed by atoms with van der Waals surface area (Å²) in [7, 11) is 0. The van der Waals surface area contributed by atoms with Gasteiger partial charge in [0, 0.05) is 17.8 Å². The van der Waals surface area contributed by atoms with E-state index in [1.165, 1.54) is 6.20 Å². The molecule has 1 heterocycles. The summed E-state index contributed by atoms with van der Waals surface area (Å²) in [6.45, 7) is 0.286. The Morgan fingerprint density at radius 3 is 2.95 bits per heavy atom. The Morgan fingerprint density at radius 1 is 1.48 bits per heavy atom. The first-order valence-corrected chi connectivity index (χ1v) is 7.25. The van der Waals surface area contributed by atoms with Gasteiger partial charge in [0.1, 0.15) is 0 Å². The maximum atomic E-state index is 12.0. The fourth-order valence-electron chi connectivity index (χ4n) is 2.31. The largest absolute Gasteiger partial charge is 0.388 e. The average molecular weight is 306 g/mol. The van der Waals surface area contributed by atoms with Gasteiger partial charge in [0.2, 0.25) is 0 Å².